The molecule has 4 aromatic carbocycles. The fourth-order valence-corrected chi connectivity index (χ4v) is 3.92. The van der Waals surface area contributed by atoms with Gasteiger partial charge in [0.2, 0.25) is 0 Å². The zero-order valence-electron chi connectivity index (χ0n) is 18.9. The number of halogens is 1. The number of benzene rings is 4. The van der Waals surface area contributed by atoms with Crippen LogP contribution in [0, 0.1) is 5.82 Å². The Morgan fingerprint density at radius 3 is 2.53 bits per heavy atom. The van der Waals surface area contributed by atoms with Crippen molar-refractivity contribution < 1.29 is 23.5 Å². The lowest BCUT2D eigenvalue weighted by Gasteiger charge is -2.14. The second kappa shape index (κ2) is 9.71. The van der Waals surface area contributed by atoms with Gasteiger partial charge in [-0.25, -0.2) is 9.40 Å². The molecule has 0 spiro atoms. The molecule has 1 saturated heterocycles. The number of anilines is 2. The molecule has 0 saturated carbocycles. The Kier molecular flexibility index (Phi) is 6.15. The summed E-state index contributed by atoms with van der Waals surface area (Å²) in [7, 11) is 0. The molecule has 8 heteroatoms. The minimum absolute atomic E-state index is 0.0655. The number of para-hydroxylation sites is 1. The first-order valence-electron chi connectivity index (χ1n) is 11.1. The Morgan fingerprint density at radius 2 is 1.72 bits per heavy atom. The molecular weight excluding hydrogens is 461 g/mol. The number of nitrogens with zero attached hydrogens (tertiary/aromatic N) is 1. The van der Waals surface area contributed by atoms with E-state index in [-0.39, 0.29) is 12.2 Å². The molecule has 7 nitrogen and oxygen atoms in total. The molecule has 1 aliphatic rings. The van der Waals surface area contributed by atoms with Gasteiger partial charge in [-0.15, -0.1) is 0 Å². The third-order valence-electron chi connectivity index (χ3n) is 5.59. The van der Waals surface area contributed by atoms with E-state index in [2.05, 4.69) is 10.7 Å². The van der Waals surface area contributed by atoms with Crippen LogP contribution >= 0.6 is 0 Å². The standard InChI is InChI=1S/C28H20FN3O4/c29-19-8-6-9-20(15-19)30-26(33)17-36-25-14-13-18-7-4-5-12-22(18)23(25)16-24-27(34)31-32(28(24)35)21-10-2-1-3-11-21/h1-16H,17H2,(H,30,33)(H,31,34). The molecule has 3 amide bonds. The summed E-state index contributed by atoms with van der Waals surface area (Å²) in [6, 6.07) is 25.2. The zero-order valence-corrected chi connectivity index (χ0v) is 18.9. The summed E-state index contributed by atoms with van der Waals surface area (Å²) in [6.45, 7) is -0.360. The van der Waals surface area contributed by atoms with Crippen LogP contribution in [-0.4, -0.2) is 24.3 Å². The van der Waals surface area contributed by atoms with Gasteiger partial charge >= 0.3 is 0 Å². The maximum atomic E-state index is 13.4. The van der Waals surface area contributed by atoms with Crippen LogP contribution in [0.15, 0.2) is 96.6 Å². The molecule has 2 N–H and O–H groups in total. The normalized spacial score (nSPS) is 14.2. The van der Waals surface area contributed by atoms with Crippen LogP contribution in [0.2, 0.25) is 0 Å². The van der Waals surface area contributed by atoms with Crippen LogP contribution < -0.4 is 20.5 Å². The number of carbonyl (C=O) groups excluding carboxylic acids is 3. The Hall–Kier alpha value is -4.98. The van der Waals surface area contributed by atoms with E-state index < -0.39 is 23.5 Å². The predicted molar refractivity (Wildman–Crippen MR) is 135 cm³/mol. The summed E-state index contributed by atoms with van der Waals surface area (Å²) < 4.78 is 19.2. The largest absolute Gasteiger partial charge is 0.483 e. The summed E-state index contributed by atoms with van der Waals surface area (Å²) in [4.78, 5) is 38.3. The van der Waals surface area contributed by atoms with Crippen molar-refractivity contribution in [1.29, 1.82) is 0 Å². The van der Waals surface area contributed by atoms with Gasteiger partial charge in [0.05, 0.1) is 5.69 Å². The lowest BCUT2D eigenvalue weighted by atomic mass is 10.0. The molecular formula is C28H20FN3O4. The van der Waals surface area contributed by atoms with Gasteiger partial charge in [-0.05, 0) is 53.2 Å². The van der Waals surface area contributed by atoms with Crippen molar-refractivity contribution in [2.24, 2.45) is 0 Å². The van der Waals surface area contributed by atoms with Gasteiger partial charge in [0.1, 0.15) is 17.1 Å². The van der Waals surface area contributed by atoms with Gasteiger partial charge in [0, 0.05) is 11.3 Å². The molecule has 1 aliphatic heterocycles. The number of carbonyl (C=O) groups is 3. The Morgan fingerprint density at radius 1 is 0.944 bits per heavy atom. The molecule has 5 rings (SSSR count). The molecule has 0 aromatic heterocycles. The zero-order chi connectivity index (χ0) is 25.1. The molecule has 178 valence electrons. The molecule has 0 atom stereocenters. The summed E-state index contributed by atoms with van der Waals surface area (Å²) >= 11 is 0. The summed E-state index contributed by atoms with van der Waals surface area (Å²) in [5.74, 6) is -1.70. The molecule has 0 radical (unpaired) electrons. The minimum atomic E-state index is -0.549. The third kappa shape index (κ3) is 4.65. The van der Waals surface area contributed by atoms with Gasteiger partial charge < -0.3 is 10.1 Å². The highest BCUT2D eigenvalue weighted by molar-refractivity contribution is 6.32. The van der Waals surface area contributed by atoms with Crippen LogP contribution in [-0.2, 0) is 14.4 Å². The lowest BCUT2D eigenvalue weighted by Crippen LogP contribution is -2.35. The van der Waals surface area contributed by atoms with Gasteiger partial charge in [-0.2, -0.15) is 0 Å². The van der Waals surface area contributed by atoms with Crippen molar-refractivity contribution in [3.05, 3.63) is 108 Å². The van der Waals surface area contributed by atoms with Crippen LogP contribution in [0.3, 0.4) is 0 Å². The van der Waals surface area contributed by atoms with Crippen LogP contribution in [0.4, 0.5) is 15.8 Å². The van der Waals surface area contributed by atoms with Crippen LogP contribution in [0.1, 0.15) is 5.56 Å². The van der Waals surface area contributed by atoms with E-state index >= 15 is 0 Å². The van der Waals surface area contributed by atoms with Crippen molar-refractivity contribution in [1.82, 2.24) is 5.43 Å². The SMILES string of the molecule is O=C(COc1ccc2ccccc2c1C=C1C(=O)NN(c2ccccc2)C1=O)Nc1cccc(F)c1. The number of hydrazine groups is 1. The van der Waals surface area contributed by atoms with Crippen molar-refractivity contribution in [2.45, 2.75) is 0 Å². The average Bonchev–Trinajstić information content (AvgIpc) is 3.17. The highest BCUT2D eigenvalue weighted by atomic mass is 19.1. The molecule has 0 unspecified atom stereocenters. The van der Waals surface area contributed by atoms with Gasteiger partial charge in [-0.3, -0.25) is 19.8 Å². The third-order valence-corrected chi connectivity index (χ3v) is 5.59. The Balaban J connectivity index is 1.45. The van der Waals surface area contributed by atoms with Gasteiger partial charge in [-0.1, -0.05) is 54.6 Å². The molecule has 1 fully saturated rings. The van der Waals surface area contributed by atoms with E-state index in [0.29, 0.717) is 22.7 Å². The smallest absolute Gasteiger partial charge is 0.282 e. The Labute approximate surface area is 205 Å². The van der Waals surface area contributed by atoms with E-state index in [1.807, 2.05) is 36.4 Å². The van der Waals surface area contributed by atoms with Crippen molar-refractivity contribution in [3.8, 4) is 5.75 Å². The summed E-state index contributed by atoms with van der Waals surface area (Å²) in [6.07, 6.45) is 1.47. The summed E-state index contributed by atoms with van der Waals surface area (Å²) in [5.41, 5.74) is 3.84. The highest BCUT2D eigenvalue weighted by Crippen LogP contribution is 2.32. The average molecular weight is 481 g/mol. The highest BCUT2D eigenvalue weighted by Gasteiger charge is 2.34. The van der Waals surface area contributed by atoms with E-state index in [9.17, 15) is 18.8 Å². The fraction of sp³-hybridized carbons (Fsp3) is 0.0357. The molecule has 0 aliphatic carbocycles. The van der Waals surface area contributed by atoms with Crippen molar-refractivity contribution in [2.75, 3.05) is 16.9 Å². The fourth-order valence-electron chi connectivity index (χ4n) is 3.92. The first-order valence-corrected chi connectivity index (χ1v) is 11.1. The molecule has 36 heavy (non-hydrogen) atoms. The number of ether oxygens (including phenoxy) is 1. The molecule has 4 aromatic rings. The summed E-state index contributed by atoms with van der Waals surface area (Å²) in [5, 5.41) is 5.37. The predicted octanol–water partition coefficient (Wildman–Crippen LogP) is 4.46. The maximum Gasteiger partial charge on any atom is 0.282 e. The van der Waals surface area contributed by atoms with Gasteiger partial charge in [0.15, 0.2) is 6.61 Å². The number of hydrogen-bond donors (Lipinski definition) is 2. The number of fused-ring (bicyclic) bond motifs is 1. The first-order chi connectivity index (χ1) is 17.5. The minimum Gasteiger partial charge on any atom is -0.483 e. The second-order valence-electron chi connectivity index (χ2n) is 8.02. The first kappa shape index (κ1) is 22.8. The number of rotatable bonds is 6. The van der Waals surface area contributed by atoms with E-state index in [4.69, 9.17) is 4.74 Å². The van der Waals surface area contributed by atoms with Crippen LogP contribution in [0.25, 0.3) is 16.8 Å². The molecule has 0 bridgehead atoms. The topological polar surface area (TPSA) is 87.7 Å². The number of hydrogen-bond acceptors (Lipinski definition) is 4. The van der Waals surface area contributed by atoms with E-state index in [1.54, 1.807) is 36.4 Å². The van der Waals surface area contributed by atoms with E-state index in [0.717, 1.165) is 10.8 Å². The number of nitrogens with one attached hydrogen (secondary N) is 2. The van der Waals surface area contributed by atoms with Crippen LogP contribution in [0.5, 0.6) is 5.75 Å². The molecule has 1 heterocycles. The maximum absolute atomic E-state index is 13.4. The van der Waals surface area contributed by atoms with Gasteiger partial charge in [0.25, 0.3) is 17.7 Å². The Bertz CT molecular complexity index is 1520. The monoisotopic (exact) mass is 481 g/mol. The van der Waals surface area contributed by atoms with Crippen molar-refractivity contribution >= 4 is 45.9 Å². The quantitative estimate of drug-likeness (QED) is 0.315. The van der Waals surface area contributed by atoms with Crippen molar-refractivity contribution in [3.63, 3.8) is 0 Å². The lowest BCUT2D eigenvalue weighted by molar-refractivity contribution is -0.118. The second-order valence-corrected chi connectivity index (χ2v) is 8.02. The van der Waals surface area contributed by atoms with E-state index in [1.165, 1.54) is 29.3 Å². The number of amides is 3.